The van der Waals surface area contributed by atoms with Crippen LogP contribution in [-0.4, -0.2) is 20.2 Å². The van der Waals surface area contributed by atoms with Crippen molar-refractivity contribution in [2.24, 2.45) is 0 Å². The summed E-state index contributed by atoms with van der Waals surface area (Å²) in [6.45, 7) is 6.43. The minimum atomic E-state index is 0.654. The Bertz CT molecular complexity index is 473. The summed E-state index contributed by atoms with van der Waals surface area (Å²) in [6.07, 6.45) is 0. The van der Waals surface area contributed by atoms with Crippen molar-refractivity contribution in [1.82, 2.24) is 20.2 Å². The van der Waals surface area contributed by atoms with Crippen LogP contribution in [0.3, 0.4) is 0 Å². The Morgan fingerprint density at radius 2 is 2.00 bits per heavy atom. The van der Waals surface area contributed by atoms with Crippen molar-refractivity contribution in [2.75, 3.05) is 5.32 Å². The third kappa shape index (κ3) is 2.73. The van der Waals surface area contributed by atoms with Gasteiger partial charge in [-0.3, -0.25) is 0 Å². The first-order chi connectivity index (χ1) is 7.63. The van der Waals surface area contributed by atoms with E-state index in [2.05, 4.69) is 25.5 Å². The van der Waals surface area contributed by atoms with Crippen molar-refractivity contribution in [2.45, 2.75) is 27.3 Å². The lowest BCUT2D eigenvalue weighted by atomic mass is 10.4. The van der Waals surface area contributed by atoms with Gasteiger partial charge in [0.1, 0.15) is 21.7 Å². The standard InChI is InChI=1S/C10H13N5S/c1-6-4-9(13-7(2)12-6)11-5-10-15-14-8(3)16-10/h4H,5H2,1-3H3,(H,11,12,13). The van der Waals surface area contributed by atoms with Crippen LogP contribution in [0.2, 0.25) is 0 Å². The molecular formula is C10H13N5S. The van der Waals surface area contributed by atoms with Gasteiger partial charge in [-0.15, -0.1) is 10.2 Å². The Kier molecular flexibility index (Phi) is 3.09. The van der Waals surface area contributed by atoms with E-state index >= 15 is 0 Å². The van der Waals surface area contributed by atoms with Crippen molar-refractivity contribution < 1.29 is 0 Å². The predicted octanol–water partition coefficient (Wildman–Crippen LogP) is 1.87. The van der Waals surface area contributed by atoms with E-state index in [9.17, 15) is 0 Å². The molecule has 2 heterocycles. The number of aromatic nitrogens is 4. The van der Waals surface area contributed by atoms with Crippen LogP contribution >= 0.6 is 11.3 Å². The third-order valence-electron chi connectivity index (χ3n) is 1.95. The molecule has 0 aromatic carbocycles. The molecule has 6 heteroatoms. The lowest BCUT2D eigenvalue weighted by molar-refractivity contribution is 0.951. The van der Waals surface area contributed by atoms with Gasteiger partial charge in [0, 0.05) is 11.8 Å². The fraction of sp³-hybridized carbons (Fsp3) is 0.400. The number of anilines is 1. The van der Waals surface area contributed by atoms with E-state index in [-0.39, 0.29) is 0 Å². The average molecular weight is 235 g/mol. The smallest absolute Gasteiger partial charge is 0.136 e. The SMILES string of the molecule is Cc1cc(NCc2nnc(C)s2)nc(C)n1. The molecule has 0 bridgehead atoms. The van der Waals surface area contributed by atoms with E-state index in [4.69, 9.17) is 0 Å². The molecule has 0 aliphatic heterocycles. The molecule has 0 saturated carbocycles. The Hall–Kier alpha value is -1.56. The molecule has 0 aliphatic carbocycles. The lowest BCUT2D eigenvalue weighted by Crippen LogP contribution is -2.03. The highest BCUT2D eigenvalue weighted by molar-refractivity contribution is 7.11. The lowest BCUT2D eigenvalue weighted by Gasteiger charge is -2.04. The minimum absolute atomic E-state index is 0.654. The largest absolute Gasteiger partial charge is 0.363 e. The predicted molar refractivity (Wildman–Crippen MR) is 63.5 cm³/mol. The summed E-state index contributed by atoms with van der Waals surface area (Å²) in [5.41, 5.74) is 0.962. The number of nitrogens with zero attached hydrogens (tertiary/aromatic N) is 4. The molecule has 5 nitrogen and oxygen atoms in total. The molecule has 0 radical (unpaired) electrons. The molecule has 0 fully saturated rings. The summed E-state index contributed by atoms with van der Waals surface area (Å²) in [5.74, 6) is 1.61. The van der Waals surface area contributed by atoms with Gasteiger partial charge < -0.3 is 5.32 Å². The summed E-state index contributed by atoms with van der Waals surface area (Å²) < 4.78 is 0. The van der Waals surface area contributed by atoms with E-state index in [0.29, 0.717) is 6.54 Å². The van der Waals surface area contributed by atoms with Gasteiger partial charge in [-0.2, -0.15) is 0 Å². The second-order valence-corrected chi connectivity index (χ2v) is 4.78. The van der Waals surface area contributed by atoms with Gasteiger partial charge in [0.15, 0.2) is 0 Å². The number of hydrogen-bond donors (Lipinski definition) is 1. The molecule has 2 aromatic rings. The zero-order valence-corrected chi connectivity index (χ0v) is 10.3. The summed E-state index contributed by atoms with van der Waals surface area (Å²) in [7, 11) is 0. The Morgan fingerprint density at radius 3 is 2.62 bits per heavy atom. The van der Waals surface area contributed by atoms with Crippen LogP contribution in [-0.2, 0) is 6.54 Å². The highest BCUT2D eigenvalue weighted by Gasteiger charge is 2.02. The molecule has 16 heavy (non-hydrogen) atoms. The van der Waals surface area contributed by atoms with Gasteiger partial charge in [-0.25, -0.2) is 9.97 Å². The van der Waals surface area contributed by atoms with Crippen LogP contribution in [0, 0.1) is 20.8 Å². The zero-order chi connectivity index (χ0) is 11.5. The van der Waals surface area contributed by atoms with Crippen LogP contribution < -0.4 is 5.32 Å². The molecule has 2 aromatic heterocycles. The Labute approximate surface area is 98.0 Å². The van der Waals surface area contributed by atoms with Crippen molar-refractivity contribution in [3.8, 4) is 0 Å². The summed E-state index contributed by atoms with van der Waals surface area (Å²) in [5, 5.41) is 13.2. The molecule has 0 atom stereocenters. The molecular weight excluding hydrogens is 222 g/mol. The van der Waals surface area contributed by atoms with Gasteiger partial charge in [0.2, 0.25) is 0 Å². The van der Waals surface area contributed by atoms with Gasteiger partial charge in [-0.1, -0.05) is 11.3 Å². The Morgan fingerprint density at radius 1 is 1.19 bits per heavy atom. The topological polar surface area (TPSA) is 63.6 Å². The maximum absolute atomic E-state index is 4.29. The maximum Gasteiger partial charge on any atom is 0.136 e. The van der Waals surface area contributed by atoms with Crippen LogP contribution in [0.4, 0.5) is 5.82 Å². The summed E-state index contributed by atoms with van der Waals surface area (Å²) >= 11 is 1.59. The van der Waals surface area contributed by atoms with Gasteiger partial charge in [0.05, 0.1) is 6.54 Å². The van der Waals surface area contributed by atoms with Gasteiger partial charge in [-0.05, 0) is 20.8 Å². The second kappa shape index (κ2) is 4.52. The molecule has 2 rings (SSSR count). The van der Waals surface area contributed by atoms with Crippen LogP contribution in [0.15, 0.2) is 6.07 Å². The van der Waals surface area contributed by atoms with E-state index < -0.39 is 0 Å². The maximum atomic E-state index is 4.29. The van der Waals surface area contributed by atoms with E-state index in [0.717, 1.165) is 27.4 Å². The van der Waals surface area contributed by atoms with Crippen molar-refractivity contribution in [3.63, 3.8) is 0 Å². The van der Waals surface area contributed by atoms with Crippen LogP contribution in [0.1, 0.15) is 21.5 Å². The van der Waals surface area contributed by atoms with Crippen LogP contribution in [0.5, 0.6) is 0 Å². The molecule has 0 unspecified atom stereocenters. The first kappa shape index (κ1) is 10.9. The highest BCUT2D eigenvalue weighted by atomic mass is 32.1. The molecule has 0 saturated heterocycles. The summed E-state index contributed by atoms with van der Waals surface area (Å²) in [4.78, 5) is 8.51. The first-order valence-corrected chi connectivity index (χ1v) is 5.80. The molecule has 0 amide bonds. The quantitative estimate of drug-likeness (QED) is 0.879. The van der Waals surface area contributed by atoms with Crippen molar-refractivity contribution in [3.05, 3.63) is 27.6 Å². The van der Waals surface area contributed by atoms with Crippen molar-refractivity contribution in [1.29, 1.82) is 0 Å². The average Bonchev–Trinajstić information content (AvgIpc) is 2.60. The zero-order valence-electron chi connectivity index (χ0n) is 9.48. The molecule has 0 spiro atoms. The number of nitrogens with one attached hydrogen (secondary N) is 1. The monoisotopic (exact) mass is 235 g/mol. The van der Waals surface area contributed by atoms with Gasteiger partial charge in [0.25, 0.3) is 0 Å². The Balaban J connectivity index is 2.04. The third-order valence-corrected chi connectivity index (χ3v) is 2.79. The first-order valence-electron chi connectivity index (χ1n) is 4.98. The van der Waals surface area contributed by atoms with Crippen molar-refractivity contribution >= 4 is 17.2 Å². The number of rotatable bonds is 3. The fourth-order valence-corrected chi connectivity index (χ4v) is 2.03. The second-order valence-electron chi connectivity index (χ2n) is 3.51. The molecule has 84 valence electrons. The number of aryl methyl sites for hydroxylation is 3. The summed E-state index contributed by atoms with van der Waals surface area (Å²) in [6, 6.07) is 1.92. The minimum Gasteiger partial charge on any atom is -0.363 e. The highest BCUT2D eigenvalue weighted by Crippen LogP contribution is 2.11. The van der Waals surface area contributed by atoms with E-state index in [1.165, 1.54) is 0 Å². The van der Waals surface area contributed by atoms with E-state index in [1.807, 2.05) is 26.8 Å². The van der Waals surface area contributed by atoms with Crippen LogP contribution in [0.25, 0.3) is 0 Å². The van der Waals surface area contributed by atoms with Gasteiger partial charge >= 0.3 is 0 Å². The number of hydrogen-bond acceptors (Lipinski definition) is 6. The normalized spacial score (nSPS) is 10.4. The molecule has 1 N–H and O–H groups in total. The van der Waals surface area contributed by atoms with E-state index in [1.54, 1.807) is 11.3 Å². The fourth-order valence-electron chi connectivity index (χ4n) is 1.38. The molecule has 0 aliphatic rings.